The smallest absolute Gasteiger partial charge is 0.340 e. The van der Waals surface area contributed by atoms with Gasteiger partial charge in [-0.05, 0) is 61.5 Å². The Balaban J connectivity index is 1.61. The predicted molar refractivity (Wildman–Crippen MR) is 111 cm³/mol. The maximum absolute atomic E-state index is 12.4. The zero-order valence-corrected chi connectivity index (χ0v) is 16.8. The highest BCUT2D eigenvalue weighted by atomic mass is 35.5. The first-order valence-electron chi connectivity index (χ1n) is 9.05. The lowest BCUT2D eigenvalue weighted by molar-refractivity contribution is -0.119. The van der Waals surface area contributed by atoms with Gasteiger partial charge in [-0.3, -0.25) is 9.59 Å². The summed E-state index contributed by atoms with van der Waals surface area (Å²) >= 11 is 6.10. The van der Waals surface area contributed by atoms with Gasteiger partial charge in [-0.25, -0.2) is 4.79 Å². The van der Waals surface area contributed by atoms with Gasteiger partial charge in [0.2, 0.25) is 0 Å². The maximum Gasteiger partial charge on any atom is 0.340 e. The van der Waals surface area contributed by atoms with Gasteiger partial charge in [0.1, 0.15) is 11.5 Å². The quantitative estimate of drug-likeness (QED) is 0.416. The van der Waals surface area contributed by atoms with E-state index < -0.39 is 18.5 Å². The summed E-state index contributed by atoms with van der Waals surface area (Å²) in [5.74, 6) is -0.00771. The summed E-state index contributed by atoms with van der Waals surface area (Å²) in [5, 5.41) is 2.79. The molecule has 0 aliphatic rings. The maximum atomic E-state index is 12.4. The number of esters is 1. The number of benzene rings is 2. The van der Waals surface area contributed by atoms with Gasteiger partial charge in [0.15, 0.2) is 18.7 Å². The van der Waals surface area contributed by atoms with Gasteiger partial charge in [-0.1, -0.05) is 11.6 Å². The molecule has 0 unspecified atom stereocenters. The molecule has 1 heterocycles. The summed E-state index contributed by atoms with van der Waals surface area (Å²) in [6.45, 7) is 1.94. The number of halogens is 1. The Morgan fingerprint density at radius 3 is 2.53 bits per heavy atom. The van der Waals surface area contributed by atoms with Crippen LogP contribution in [0.1, 0.15) is 27.8 Å². The molecule has 0 aliphatic heterocycles. The van der Waals surface area contributed by atoms with Gasteiger partial charge in [-0.2, -0.15) is 0 Å². The molecule has 0 fully saturated rings. The molecule has 30 heavy (non-hydrogen) atoms. The first-order valence-corrected chi connectivity index (χ1v) is 9.42. The Kier molecular flexibility index (Phi) is 6.87. The van der Waals surface area contributed by atoms with Gasteiger partial charge < -0.3 is 19.2 Å². The van der Waals surface area contributed by atoms with Crippen molar-refractivity contribution in [3.63, 3.8) is 0 Å². The van der Waals surface area contributed by atoms with Crippen LogP contribution in [0.15, 0.2) is 59.0 Å². The topological polar surface area (TPSA) is 94.8 Å². The van der Waals surface area contributed by atoms with Crippen LogP contribution in [0.2, 0.25) is 5.02 Å². The first-order chi connectivity index (χ1) is 14.5. The van der Waals surface area contributed by atoms with Crippen LogP contribution in [0.4, 0.5) is 5.69 Å². The largest absolute Gasteiger partial charge is 0.494 e. The number of hydrogen-bond acceptors (Lipinski definition) is 6. The summed E-state index contributed by atoms with van der Waals surface area (Å²) < 4.78 is 15.8. The van der Waals surface area contributed by atoms with Crippen LogP contribution in [-0.4, -0.2) is 31.4 Å². The van der Waals surface area contributed by atoms with E-state index in [1.54, 1.807) is 36.4 Å². The van der Waals surface area contributed by atoms with Gasteiger partial charge in [0.05, 0.1) is 17.2 Å². The lowest BCUT2D eigenvalue weighted by atomic mass is 10.1. The number of carbonyl (C=O) groups is 3. The third kappa shape index (κ3) is 5.27. The number of rotatable bonds is 8. The molecule has 0 bridgehead atoms. The first kappa shape index (κ1) is 21.1. The Bertz CT molecular complexity index is 1060. The number of hydrogen-bond donors (Lipinski definition) is 1. The van der Waals surface area contributed by atoms with Gasteiger partial charge in [0.25, 0.3) is 5.91 Å². The molecule has 0 spiro atoms. The Labute approximate surface area is 177 Å². The molecule has 0 radical (unpaired) electrons. The van der Waals surface area contributed by atoms with Crippen LogP contribution in [0.25, 0.3) is 11.3 Å². The van der Waals surface area contributed by atoms with Crippen LogP contribution in [-0.2, 0) is 9.53 Å². The molecule has 3 aromatic rings. The fourth-order valence-electron chi connectivity index (χ4n) is 2.61. The molecule has 7 nitrogen and oxygen atoms in total. The Hall–Kier alpha value is -3.58. The zero-order chi connectivity index (χ0) is 21.5. The van der Waals surface area contributed by atoms with Crippen molar-refractivity contribution in [2.75, 3.05) is 18.5 Å². The average molecular weight is 428 g/mol. The lowest BCUT2D eigenvalue weighted by Crippen LogP contribution is -2.21. The van der Waals surface area contributed by atoms with E-state index in [-0.39, 0.29) is 16.3 Å². The predicted octanol–water partition coefficient (Wildman–Crippen LogP) is 4.61. The van der Waals surface area contributed by atoms with Crippen molar-refractivity contribution in [2.45, 2.75) is 6.92 Å². The van der Waals surface area contributed by atoms with E-state index in [0.29, 0.717) is 35.7 Å². The van der Waals surface area contributed by atoms with Crippen molar-refractivity contribution in [1.82, 2.24) is 0 Å². The standard InChI is InChI=1S/C22H18ClNO6/c1-2-28-16-6-4-15(5-7-16)24-21(26)13-29-22(27)18-11-14(3-9-19(18)23)20-10-8-17(12-25)30-20/h3-12H,2,13H2,1H3,(H,24,26). The molecule has 1 N–H and O–H groups in total. The van der Waals surface area contributed by atoms with E-state index in [0.717, 1.165) is 0 Å². The second kappa shape index (κ2) is 9.76. The number of furan rings is 1. The second-order valence-electron chi connectivity index (χ2n) is 6.10. The van der Waals surface area contributed by atoms with E-state index in [4.69, 9.17) is 25.5 Å². The van der Waals surface area contributed by atoms with Crippen molar-refractivity contribution < 1.29 is 28.3 Å². The molecule has 8 heteroatoms. The SMILES string of the molecule is CCOc1ccc(NC(=O)COC(=O)c2cc(-c3ccc(C=O)o3)ccc2Cl)cc1. The van der Waals surface area contributed by atoms with E-state index in [1.165, 1.54) is 18.2 Å². The molecule has 154 valence electrons. The highest BCUT2D eigenvalue weighted by Gasteiger charge is 2.16. The van der Waals surface area contributed by atoms with Crippen molar-refractivity contribution in [3.8, 4) is 17.1 Å². The second-order valence-corrected chi connectivity index (χ2v) is 6.50. The molecule has 1 aromatic heterocycles. The molecular weight excluding hydrogens is 410 g/mol. The average Bonchev–Trinajstić information content (AvgIpc) is 3.23. The number of aldehydes is 1. The normalized spacial score (nSPS) is 10.3. The molecular formula is C22H18ClNO6. The fourth-order valence-corrected chi connectivity index (χ4v) is 2.81. The summed E-state index contributed by atoms with van der Waals surface area (Å²) in [7, 11) is 0. The van der Waals surface area contributed by atoms with Crippen LogP contribution in [0.3, 0.4) is 0 Å². The van der Waals surface area contributed by atoms with Gasteiger partial charge >= 0.3 is 5.97 Å². The van der Waals surface area contributed by atoms with Crippen molar-refractivity contribution in [2.24, 2.45) is 0 Å². The van der Waals surface area contributed by atoms with Crippen molar-refractivity contribution in [1.29, 1.82) is 0 Å². The molecule has 0 atom stereocenters. The van der Waals surface area contributed by atoms with Crippen LogP contribution in [0.5, 0.6) is 5.75 Å². The summed E-state index contributed by atoms with van der Waals surface area (Å²) in [5.41, 5.74) is 1.16. The van der Waals surface area contributed by atoms with Crippen LogP contribution in [0, 0.1) is 0 Å². The fraction of sp³-hybridized carbons (Fsp3) is 0.136. The molecule has 1 amide bonds. The third-order valence-electron chi connectivity index (χ3n) is 4.00. The third-order valence-corrected chi connectivity index (χ3v) is 4.33. The summed E-state index contributed by atoms with van der Waals surface area (Å²) in [6, 6.07) is 14.6. The van der Waals surface area contributed by atoms with E-state index in [1.807, 2.05) is 6.92 Å². The molecule has 3 rings (SSSR count). The zero-order valence-electron chi connectivity index (χ0n) is 16.0. The molecule has 0 saturated carbocycles. The summed E-state index contributed by atoms with van der Waals surface area (Å²) in [6.07, 6.45) is 0.581. The highest BCUT2D eigenvalue weighted by molar-refractivity contribution is 6.33. The van der Waals surface area contributed by atoms with E-state index in [2.05, 4.69) is 5.32 Å². The van der Waals surface area contributed by atoms with Gasteiger partial charge in [-0.15, -0.1) is 0 Å². The number of ether oxygens (including phenoxy) is 2. The van der Waals surface area contributed by atoms with Crippen LogP contribution < -0.4 is 10.1 Å². The minimum Gasteiger partial charge on any atom is -0.494 e. The Morgan fingerprint density at radius 2 is 1.87 bits per heavy atom. The van der Waals surface area contributed by atoms with Crippen molar-refractivity contribution in [3.05, 3.63) is 70.9 Å². The minimum atomic E-state index is -0.758. The minimum absolute atomic E-state index is 0.0760. The number of carbonyl (C=O) groups excluding carboxylic acids is 3. The summed E-state index contributed by atoms with van der Waals surface area (Å²) in [4.78, 5) is 35.2. The molecule has 0 aliphatic carbocycles. The Morgan fingerprint density at radius 1 is 1.10 bits per heavy atom. The lowest BCUT2D eigenvalue weighted by Gasteiger charge is -2.09. The van der Waals surface area contributed by atoms with E-state index >= 15 is 0 Å². The van der Waals surface area contributed by atoms with Gasteiger partial charge in [0, 0.05) is 11.3 Å². The van der Waals surface area contributed by atoms with Crippen molar-refractivity contribution >= 4 is 35.5 Å². The highest BCUT2D eigenvalue weighted by Crippen LogP contribution is 2.27. The number of nitrogens with one attached hydrogen (secondary N) is 1. The van der Waals surface area contributed by atoms with Crippen LogP contribution >= 0.6 is 11.6 Å². The monoisotopic (exact) mass is 427 g/mol. The number of anilines is 1. The molecule has 2 aromatic carbocycles. The number of amides is 1. The van der Waals surface area contributed by atoms with E-state index in [9.17, 15) is 14.4 Å². The molecule has 0 saturated heterocycles.